The lowest BCUT2D eigenvalue weighted by Crippen LogP contribution is -2.18. The highest BCUT2D eigenvalue weighted by Gasteiger charge is 2.20. The minimum atomic E-state index is 0. The molecule has 18 heavy (non-hydrogen) atoms. The second kappa shape index (κ2) is 7.07. The van der Waals surface area contributed by atoms with Crippen LogP contribution < -0.4 is 10.6 Å². The summed E-state index contributed by atoms with van der Waals surface area (Å²) in [6, 6.07) is 0. The maximum Gasteiger partial charge on any atom is 0.227 e. The number of hydrogen-bond acceptors (Lipinski definition) is 4. The number of nitrogens with zero attached hydrogens (tertiary/aromatic N) is 1. The molecule has 1 heterocycles. The Kier molecular flexibility index (Phi) is 6.05. The maximum atomic E-state index is 11.6. The van der Waals surface area contributed by atoms with Crippen LogP contribution in [-0.4, -0.2) is 24.5 Å². The second-order valence-electron chi connectivity index (χ2n) is 4.64. The van der Waals surface area contributed by atoms with E-state index in [1.165, 1.54) is 17.0 Å². The van der Waals surface area contributed by atoms with Crippen LogP contribution in [0, 0.1) is 5.92 Å². The summed E-state index contributed by atoms with van der Waals surface area (Å²) >= 11 is 1.64. The standard InChI is InChI=1S/C12H19N3OS.ClH/c1-8-3-4-9-10(7-8)17-12(14-9)15-11(16)5-6-13-2;/h8,13H,3-7H2,1-2H3,(H,14,15,16);1H. The van der Waals surface area contributed by atoms with Gasteiger partial charge in [0, 0.05) is 17.8 Å². The van der Waals surface area contributed by atoms with E-state index in [9.17, 15) is 4.79 Å². The van der Waals surface area contributed by atoms with E-state index >= 15 is 0 Å². The summed E-state index contributed by atoms with van der Waals surface area (Å²) in [4.78, 5) is 17.4. The Hall–Kier alpha value is -0.650. The molecule has 2 rings (SSSR count). The van der Waals surface area contributed by atoms with Crippen molar-refractivity contribution in [2.75, 3.05) is 18.9 Å². The van der Waals surface area contributed by atoms with Gasteiger partial charge in [0.15, 0.2) is 5.13 Å². The minimum Gasteiger partial charge on any atom is -0.319 e. The fourth-order valence-electron chi connectivity index (χ4n) is 2.01. The van der Waals surface area contributed by atoms with Crippen LogP contribution in [0.15, 0.2) is 0 Å². The van der Waals surface area contributed by atoms with Crippen molar-refractivity contribution in [3.63, 3.8) is 0 Å². The average molecular weight is 290 g/mol. The Morgan fingerprint density at radius 2 is 2.33 bits per heavy atom. The third-order valence-electron chi connectivity index (χ3n) is 3.03. The zero-order valence-corrected chi connectivity index (χ0v) is 12.4. The zero-order valence-electron chi connectivity index (χ0n) is 10.8. The number of thiazole rings is 1. The summed E-state index contributed by atoms with van der Waals surface area (Å²) in [7, 11) is 1.84. The Labute approximate surface area is 118 Å². The predicted octanol–water partition coefficient (Wildman–Crippen LogP) is 2.24. The molecule has 0 saturated heterocycles. The lowest BCUT2D eigenvalue weighted by molar-refractivity contribution is -0.116. The van der Waals surface area contributed by atoms with Crippen molar-refractivity contribution in [3.05, 3.63) is 10.6 Å². The molecule has 0 fully saturated rings. The Morgan fingerprint density at radius 3 is 3.06 bits per heavy atom. The topological polar surface area (TPSA) is 54.0 Å². The predicted molar refractivity (Wildman–Crippen MR) is 77.7 cm³/mol. The van der Waals surface area contributed by atoms with E-state index in [2.05, 4.69) is 22.5 Å². The van der Waals surface area contributed by atoms with Gasteiger partial charge >= 0.3 is 0 Å². The number of nitrogens with one attached hydrogen (secondary N) is 2. The van der Waals surface area contributed by atoms with Crippen LogP contribution >= 0.6 is 23.7 Å². The Morgan fingerprint density at radius 1 is 1.56 bits per heavy atom. The first-order valence-electron chi connectivity index (χ1n) is 6.12. The van der Waals surface area contributed by atoms with Gasteiger partial charge in [0.05, 0.1) is 5.69 Å². The lowest BCUT2D eigenvalue weighted by Gasteiger charge is -2.15. The van der Waals surface area contributed by atoms with Crippen molar-refractivity contribution in [1.82, 2.24) is 10.3 Å². The number of amides is 1. The van der Waals surface area contributed by atoms with Gasteiger partial charge < -0.3 is 10.6 Å². The normalized spacial score (nSPS) is 17.8. The van der Waals surface area contributed by atoms with E-state index in [1.54, 1.807) is 11.3 Å². The third-order valence-corrected chi connectivity index (χ3v) is 4.07. The number of anilines is 1. The molecule has 6 heteroatoms. The van der Waals surface area contributed by atoms with Crippen molar-refractivity contribution < 1.29 is 4.79 Å². The van der Waals surface area contributed by atoms with Gasteiger partial charge in [-0.15, -0.1) is 23.7 Å². The van der Waals surface area contributed by atoms with Gasteiger partial charge in [-0.25, -0.2) is 4.98 Å². The van der Waals surface area contributed by atoms with Gasteiger partial charge in [0.1, 0.15) is 0 Å². The van der Waals surface area contributed by atoms with Crippen LogP contribution in [0.2, 0.25) is 0 Å². The minimum absolute atomic E-state index is 0. The summed E-state index contributed by atoms with van der Waals surface area (Å²) in [5.41, 5.74) is 1.19. The molecule has 0 radical (unpaired) electrons. The molecule has 102 valence electrons. The second-order valence-corrected chi connectivity index (χ2v) is 5.72. The molecule has 0 aliphatic heterocycles. The molecule has 1 aromatic heterocycles. The highest BCUT2D eigenvalue weighted by molar-refractivity contribution is 7.15. The van der Waals surface area contributed by atoms with E-state index in [-0.39, 0.29) is 18.3 Å². The number of rotatable bonds is 4. The Balaban J connectivity index is 0.00000162. The van der Waals surface area contributed by atoms with Crippen LogP contribution in [0.5, 0.6) is 0 Å². The van der Waals surface area contributed by atoms with Crippen LogP contribution in [0.4, 0.5) is 5.13 Å². The monoisotopic (exact) mass is 289 g/mol. The molecule has 1 aliphatic carbocycles. The molecule has 2 N–H and O–H groups in total. The molecule has 4 nitrogen and oxygen atoms in total. The van der Waals surface area contributed by atoms with Gasteiger partial charge in [-0.2, -0.15) is 0 Å². The summed E-state index contributed by atoms with van der Waals surface area (Å²) < 4.78 is 0. The van der Waals surface area contributed by atoms with Crippen molar-refractivity contribution in [3.8, 4) is 0 Å². The molecule has 1 atom stereocenters. The van der Waals surface area contributed by atoms with Crippen LogP contribution in [0.3, 0.4) is 0 Å². The first-order chi connectivity index (χ1) is 8.19. The first-order valence-corrected chi connectivity index (χ1v) is 6.93. The van der Waals surface area contributed by atoms with E-state index in [1.807, 2.05) is 7.05 Å². The van der Waals surface area contributed by atoms with Crippen molar-refractivity contribution in [2.45, 2.75) is 32.6 Å². The van der Waals surface area contributed by atoms with Crippen molar-refractivity contribution in [1.29, 1.82) is 0 Å². The first kappa shape index (κ1) is 15.4. The van der Waals surface area contributed by atoms with E-state index in [4.69, 9.17) is 0 Å². The van der Waals surface area contributed by atoms with Crippen molar-refractivity contribution in [2.24, 2.45) is 5.92 Å². The average Bonchev–Trinajstić information content (AvgIpc) is 2.67. The summed E-state index contributed by atoms with van der Waals surface area (Å²) in [6.07, 6.45) is 3.87. The molecule has 0 aromatic carbocycles. The number of fused-ring (bicyclic) bond motifs is 1. The molecule has 1 unspecified atom stereocenters. The molecule has 1 aromatic rings. The quantitative estimate of drug-likeness (QED) is 0.894. The Bertz CT molecular complexity index is 408. The molecular weight excluding hydrogens is 270 g/mol. The van der Waals surface area contributed by atoms with Gasteiger partial charge in [-0.3, -0.25) is 4.79 Å². The number of carbonyl (C=O) groups is 1. The lowest BCUT2D eigenvalue weighted by atomic mass is 9.93. The molecular formula is C12H20ClN3OS. The summed E-state index contributed by atoms with van der Waals surface area (Å²) in [6.45, 7) is 2.97. The fraction of sp³-hybridized carbons (Fsp3) is 0.667. The highest BCUT2D eigenvalue weighted by Crippen LogP contribution is 2.31. The zero-order chi connectivity index (χ0) is 12.3. The smallest absolute Gasteiger partial charge is 0.227 e. The molecule has 1 aliphatic rings. The summed E-state index contributed by atoms with van der Waals surface area (Å²) in [5.74, 6) is 0.786. The summed E-state index contributed by atoms with van der Waals surface area (Å²) in [5, 5.41) is 6.61. The molecule has 0 spiro atoms. The fourth-order valence-corrected chi connectivity index (χ4v) is 3.20. The van der Waals surface area contributed by atoms with E-state index < -0.39 is 0 Å². The van der Waals surface area contributed by atoms with Crippen molar-refractivity contribution >= 4 is 34.8 Å². The maximum absolute atomic E-state index is 11.6. The molecule has 1 amide bonds. The van der Waals surface area contributed by atoms with E-state index in [0.29, 0.717) is 13.0 Å². The number of aromatic nitrogens is 1. The number of hydrogen-bond donors (Lipinski definition) is 2. The van der Waals surface area contributed by atoms with Gasteiger partial charge in [0.2, 0.25) is 5.91 Å². The molecule has 0 bridgehead atoms. The molecule has 0 saturated carbocycles. The van der Waals surface area contributed by atoms with E-state index in [0.717, 1.165) is 23.9 Å². The van der Waals surface area contributed by atoms with Crippen LogP contribution in [0.25, 0.3) is 0 Å². The van der Waals surface area contributed by atoms with Crippen LogP contribution in [-0.2, 0) is 17.6 Å². The largest absolute Gasteiger partial charge is 0.319 e. The number of aryl methyl sites for hydroxylation is 1. The van der Waals surface area contributed by atoms with Gasteiger partial charge in [-0.1, -0.05) is 6.92 Å². The highest BCUT2D eigenvalue weighted by atomic mass is 35.5. The van der Waals surface area contributed by atoms with Gasteiger partial charge in [-0.05, 0) is 32.2 Å². The number of halogens is 1. The van der Waals surface area contributed by atoms with Gasteiger partial charge in [0.25, 0.3) is 0 Å². The van der Waals surface area contributed by atoms with Crippen LogP contribution in [0.1, 0.15) is 30.3 Å². The number of carbonyl (C=O) groups excluding carboxylic acids is 1. The SMILES string of the molecule is CNCCC(=O)Nc1nc2c(s1)CC(C)CC2.Cl. The third kappa shape index (κ3) is 3.93.